The van der Waals surface area contributed by atoms with E-state index in [1.165, 1.54) is 31.7 Å². The zero-order valence-electron chi connectivity index (χ0n) is 21.0. The fourth-order valence-corrected chi connectivity index (χ4v) is 6.24. The standard InChI is InChI=1S/C24H33ClN4O2S.C2H6/c1-16-18(8-9-20(21(16)25)26-17(2)30)10-15-32-29-13-11-24(12-14-29)23(31)27-22(28-24)19-6-4-3-5-7-19;1-2/h8-9,19H,3-7,10-15H2,1-2H3,(H,26,30)(H,27,28,31);1-2H3. The molecule has 2 N–H and O–H groups in total. The Kier molecular flexibility index (Phi) is 9.86. The van der Waals surface area contributed by atoms with E-state index in [1.807, 2.05) is 44.9 Å². The molecule has 2 fully saturated rings. The minimum absolute atomic E-state index is 0.118. The van der Waals surface area contributed by atoms with Crippen molar-refractivity contribution in [2.75, 3.05) is 24.2 Å². The van der Waals surface area contributed by atoms with Crippen molar-refractivity contribution in [1.82, 2.24) is 9.62 Å². The number of aliphatic imine (C=N–C) groups is 1. The topological polar surface area (TPSA) is 73.8 Å². The van der Waals surface area contributed by atoms with Crippen LogP contribution in [-0.4, -0.2) is 46.3 Å². The van der Waals surface area contributed by atoms with Crippen LogP contribution in [0.1, 0.15) is 76.8 Å². The molecule has 4 rings (SSSR count). The molecular formula is C26H39ClN4O2S. The van der Waals surface area contributed by atoms with Gasteiger partial charge in [0.25, 0.3) is 5.91 Å². The van der Waals surface area contributed by atoms with Crippen LogP contribution >= 0.6 is 23.5 Å². The number of rotatable bonds is 6. The number of carbonyl (C=O) groups is 2. The summed E-state index contributed by atoms with van der Waals surface area (Å²) in [4.78, 5) is 29.1. The summed E-state index contributed by atoms with van der Waals surface area (Å²) < 4.78 is 2.37. The highest BCUT2D eigenvalue weighted by Gasteiger charge is 2.46. The smallest absolute Gasteiger partial charge is 0.253 e. The highest BCUT2D eigenvalue weighted by molar-refractivity contribution is 7.97. The van der Waals surface area contributed by atoms with Gasteiger partial charge in [-0.2, -0.15) is 0 Å². The third-order valence-electron chi connectivity index (χ3n) is 6.99. The number of nitrogens with one attached hydrogen (secondary N) is 2. The number of nitrogens with zero attached hydrogens (tertiary/aromatic N) is 2. The van der Waals surface area contributed by atoms with Crippen LogP contribution in [0.4, 0.5) is 5.69 Å². The van der Waals surface area contributed by atoms with Crippen LogP contribution in [0.5, 0.6) is 0 Å². The highest BCUT2D eigenvalue weighted by atomic mass is 35.5. The second-order valence-electron chi connectivity index (χ2n) is 9.22. The van der Waals surface area contributed by atoms with Crippen LogP contribution in [-0.2, 0) is 16.0 Å². The monoisotopic (exact) mass is 506 g/mol. The number of aryl methyl sites for hydroxylation is 1. The summed E-state index contributed by atoms with van der Waals surface area (Å²) in [6.07, 6.45) is 8.60. The van der Waals surface area contributed by atoms with Gasteiger partial charge >= 0.3 is 0 Å². The Morgan fingerprint density at radius 3 is 2.56 bits per heavy atom. The van der Waals surface area contributed by atoms with E-state index in [9.17, 15) is 9.59 Å². The van der Waals surface area contributed by atoms with E-state index < -0.39 is 5.54 Å². The van der Waals surface area contributed by atoms with Crippen LogP contribution in [0.15, 0.2) is 17.1 Å². The zero-order chi connectivity index (χ0) is 24.7. The van der Waals surface area contributed by atoms with Gasteiger partial charge in [-0.1, -0.05) is 62.7 Å². The molecule has 0 aromatic heterocycles. The summed E-state index contributed by atoms with van der Waals surface area (Å²) in [7, 11) is 0. The maximum atomic E-state index is 12.8. The van der Waals surface area contributed by atoms with Gasteiger partial charge in [0.15, 0.2) is 0 Å². The molecular weight excluding hydrogens is 468 g/mol. The quantitative estimate of drug-likeness (QED) is 0.480. The summed E-state index contributed by atoms with van der Waals surface area (Å²) in [6.45, 7) is 9.23. The number of hydrogen-bond donors (Lipinski definition) is 2. The molecule has 2 aliphatic heterocycles. The Hall–Kier alpha value is -1.57. The molecule has 1 aromatic carbocycles. The van der Waals surface area contributed by atoms with Gasteiger partial charge in [-0.25, -0.2) is 0 Å². The van der Waals surface area contributed by atoms with Gasteiger partial charge < -0.3 is 10.6 Å². The molecule has 0 unspecified atom stereocenters. The normalized spacial score (nSPS) is 20.4. The number of piperidine rings is 1. The minimum atomic E-state index is -0.534. The van der Waals surface area contributed by atoms with Crippen LogP contribution in [0.3, 0.4) is 0 Å². The molecule has 6 nitrogen and oxygen atoms in total. The van der Waals surface area contributed by atoms with E-state index in [0.717, 1.165) is 62.3 Å². The third kappa shape index (κ3) is 6.35. The lowest BCUT2D eigenvalue weighted by Gasteiger charge is -2.34. The van der Waals surface area contributed by atoms with E-state index in [1.54, 1.807) is 0 Å². The van der Waals surface area contributed by atoms with Gasteiger partial charge in [0, 0.05) is 31.7 Å². The fourth-order valence-electron chi connectivity index (χ4n) is 5.00. The molecule has 1 saturated heterocycles. The number of amides is 2. The Morgan fingerprint density at radius 2 is 1.91 bits per heavy atom. The average Bonchev–Trinajstić information content (AvgIpc) is 3.17. The van der Waals surface area contributed by atoms with Gasteiger partial charge in [-0.3, -0.25) is 18.9 Å². The number of hydrogen-bond acceptors (Lipinski definition) is 5. The van der Waals surface area contributed by atoms with Crippen molar-refractivity contribution in [2.24, 2.45) is 10.9 Å². The predicted molar refractivity (Wildman–Crippen MR) is 144 cm³/mol. The lowest BCUT2D eigenvalue weighted by Crippen LogP contribution is -2.47. The lowest BCUT2D eigenvalue weighted by atomic mass is 9.88. The highest BCUT2D eigenvalue weighted by Crippen LogP contribution is 2.36. The molecule has 0 bridgehead atoms. The number of carbonyl (C=O) groups excluding carboxylic acids is 2. The Balaban J connectivity index is 0.00000158. The molecule has 1 aromatic rings. The molecule has 2 heterocycles. The Morgan fingerprint density at radius 1 is 1.24 bits per heavy atom. The third-order valence-corrected chi connectivity index (χ3v) is 8.60. The summed E-state index contributed by atoms with van der Waals surface area (Å²) in [5, 5.41) is 6.52. The van der Waals surface area contributed by atoms with E-state index in [4.69, 9.17) is 16.6 Å². The van der Waals surface area contributed by atoms with Crippen molar-refractivity contribution in [3.05, 3.63) is 28.3 Å². The molecule has 8 heteroatoms. The molecule has 3 aliphatic rings. The average molecular weight is 507 g/mol. The second-order valence-corrected chi connectivity index (χ2v) is 10.8. The van der Waals surface area contributed by atoms with Gasteiger partial charge in [-0.05, 0) is 56.2 Å². The first-order chi connectivity index (χ1) is 16.4. The SMILES string of the molecule is CC.CC(=O)Nc1ccc(CCSN2CCC3(CC2)N=C(C2CCCCC2)NC3=O)c(C)c1Cl. The first-order valence-corrected chi connectivity index (χ1v) is 14.0. The summed E-state index contributed by atoms with van der Waals surface area (Å²) in [5.41, 5.74) is 2.34. The van der Waals surface area contributed by atoms with E-state index in [2.05, 4.69) is 14.9 Å². The van der Waals surface area contributed by atoms with Crippen molar-refractivity contribution < 1.29 is 9.59 Å². The maximum Gasteiger partial charge on any atom is 0.253 e. The predicted octanol–water partition coefficient (Wildman–Crippen LogP) is 5.77. The van der Waals surface area contributed by atoms with Crippen molar-refractivity contribution in [2.45, 2.75) is 84.6 Å². The van der Waals surface area contributed by atoms with E-state index >= 15 is 0 Å². The molecule has 2 amide bonds. The second kappa shape index (κ2) is 12.4. The first-order valence-electron chi connectivity index (χ1n) is 12.7. The van der Waals surface area contributed by atoms with Gasteiger partial charge in [0.05, 0.1) is 10.7 Å². The molecule has 34 heavy (non-hydrogen) atoms. The van der Waals surface area contributed by atoms with Crippen LogP contribution in [0, 0.1) is 12.8 Å². The largest absolute Gasteiger partial charge is 0.325 e. The maximum absolute atomic E-state index is 12.8. The molecule has 1 saturated carbocycles. The van der Waals surface area contributed by atoms with Gasteiger partial charge in [0.2, 0.25) is 5.91 Å². The van der Waals surface area contributed by atoms with Crippen LogP contribution in [0.2, 0.25) is 5.02 Å². The number of halogens is 1. The Bertz CT molecular complexity index is 906. The number of anilines is 1. The molecule has 0 radical (unpaired) electrons. The van der Waals surface area contributed by atoms with Crippen molar-refractivity contribution in [3.63, 3.8) is 0 Å². The van der Waals surface area contributed by atoms with Gasteiger partial charge in [0.1, 0.15) is 11.4 Å². The fraction of sp³-hybridized carbons (Fsp3) is 0.654. The Labute approximate surface area is 213 Å². The summed E-state index contributed by atoms with van der Waals surface area (Å²) >= 11 is 8.27. The molecule has 188 valence electrons. The molecule has 1 aliphatic carbocycles. The number of benzene rings is 1. The van der Waals surface area contributed by atoms with E-state index in [-0.39, 0.29) is 11.8 Å². The van der Waals surface area contributed by atoms with Crippen LogP contribution < -0.4 is 10.6 Å². The molecule has 1 spiro atoms. The molecule has 0 atom stereocenters. The van der Waals surface area contributed by atoms with Gasteiger partial charge in [-0.15, -0.1) is 0 Å². The number of amidine groups is 1. The summed E-state index contributed by atoms with van der Waals surface area (Å²) in [6, 6.07) is 3.92. The zero-order valence-corrected chi connectivity index (χ0v) is 22.6. The minimum Gasteiger partial charge on any atom is -0.325 e. The van der Waals surface area contributed by atoms with Crippen molar-refractivity contribution in [1.29, 1.82) is 0 Å². The van der Waals surface area contributed by atoms with E-state index in [0.29, 0.717) is 16.6 Å². The van der Waals surface area contributed by atoms with Crippen LogP contribution in [0.25, 0.3) is 0 Å². The lowest BCUT2D eigenvalue weighted by molar-refractivity contribution is -0.125. The van der Waals surface area contributed by atoms with Crippen molar-refractivity contribution >= 4 is 46.9 Å². The summed E-state index contributed by atoms with van der Waals surface area (Å²) in [5.74, 6) is 2.36. The van der Waals surface area contributed by atoms with Crippen molar-refractivity contribution in [3.8, 4) is 0 Å². The first kappa shape index (κ1) is 27.0.